The van der Waals surface area contributed by atoms with E-state index >= 15 is 4.39 Å². The first-order chi connectivity index (χ1) is 50.8. The lowest BCUT2D eigenvalue weighted by atomic mass is 10.0. The van der Waals surface area contributed by atoms with Crippen molar-refractivity contribution < 1.29 is 80.5 Å². The van der Waals surface area contributed by atoms with Gasteiger partial charge in [-0.25, -0.2) is 28.6 Å². The minimum atomic E-state index is -1.14. The molecule has 8 rings (SSSR count). The molecule has 0 saturated carbocycles. The largest absolute Gasteiger partial charge is 0.491 e. The van der Waals surface area contributed by atoms with Crippen LogP contribution in [0.4, 0.5) is 36.8 Å². The van der Waals surface area contributed by atoms with Crippen LogP contribution in [0, 0.1) is 30.5 Å². The van der Waals surface area contributed by atoms with E-state index in [9.17, 15) is 24.3 Å². The van der Waals surface area contributed by atoms with E-state index in [4.69, 9.17) is 58.8 Å². The number of benzene rings is 3. The number of halogens is 1. The molecular weight excluding hydrogens is 1400 g/mol. The number of para-hydroxylation sites is 1. The maximum absolute atomic E-state index is 15.7. The van der Waals surface area contributed by atoms with Crippen molar-refractivity contribution in [2.45, 2.75) is 97.7 Å². The predicted molar refractivity (Wildman–Crippen MR) is 395 cm³/mol. The minimum Gasteiger partial charge on any atom is -0.491 e. The van der Waals surface area contributed by atoms with Gasteiger partial charge in [-0.3, -0.25) is 9.59 Å². The maximum atomic E-state index is 15.7. The highest BCUT2D eigenvalue weighted by atomic mass is 32.1. The standard InChI is InChI=1S/C72H98FN15O15S2/c1-49(2)63(74)68(90)78-59(16-9-23-76-70(75)93)67(89)77-54-21-20-52(53(44-54)47-102-48-55-45-86(85-82-55)25-28-95-31-32-97-35-36-99-39-40-101-42-41-100-38-37-98-34-33-96-30-29-94-6)46-88(4,5)26-11-13-51-19-22-60(57(73)43-51)103-27-12-18-62-64(69(91)92)80-72(105-62)87-24-10-14-56-50(3)65(83-84-66(56)87)81-71-79-58-15-7-8-17-61(58)104-71/h7-8,15,17,19-22,43-45,49,59,63H,9-10,12,14,16,18,23-42,46-48,74H2,1-6H3,(H6-,75,76,77,78,79,81,83,89,90,91,92,93)/p+1/t59-,63-/m0/s1. The van der Waals surface area contributed by atoms with Gasteiger partial charge in [-0.05, 0) is 105 Å². The van der Waals surface area contributed by atoms with E-state index < -0.39 is 41.7 Å². The molecule has 0 spiro atoms. The SMILES string of the molecule is COCCOCCOCCOCCOCCOCCOCCOCCn1cc(COCc2cc(NC(=O)[C@H](CCCNC(N)=O)NC(=O)[C@@H](N)C(C)C)ccc2C[N+](C)(C)CC#Cc2ccc(OCCCc3sc(N4CCCc5c4nnc(Nc4nc6ccccc6s4)c5C)nc3C(=O)O)c(F)c2)nn1. The van der Waals surface area contributed by atoms with Gasteiger partial charge in [0.2, 0.25) is 11.8 Å². The normalized spacial score (nSPS) is 12.8. The van der Waals surface area contributed by atoms with E-state index in [-0.39, 0.29) is 50.1 Å². The Labute approximate surface area is 619 Å². The summed E-state index contributed by atoms with van der Waals surface area (Å²) in [6, 6.07) is 15.4. The van der Waals surface area contributed by atoms with Crippen LogP contribution in [-0.2, 0) is 91.4 Å². The molecule has 9 N–H and O–H groups in total. The molecule has 570 valence electrons. The van der Waals surface area contributed by atoms with Crippen molar-refractivity contribution in [2.24, 2.45) is 17.4 Å². The fraction of sp³-hybridized carbons (Fsp3) is 0.528. The molecule has 30 nitrogen and oxygen atoms in total. The maximum Gasteiger partial charge on any atom is 0.355 e. The number of rotatable bonds is 49. The van der Waals surface area contributed by atoms with E-state index in [0.29, 0.717) is 193 Å². The number of thiazole rings is 2. The number of aryl methyl sites for hydroxylation is 1. The number of amides is 4. The van der Waals surface area contributed by atoms with Gasteiger partial charge < -0.3 is 94.6 Å². The Morgan fingerprint density at radius 1 is 0.771 bits per heavy atom. The van der Waals surface area contributed by atoms with E-state index in [1.807, 2.05) is 76.2 Å². The zero-order chi connectivity index (χ0) is 74.8. The first-order valence-corrected chi connectivity index (χ1v) is 36.7. The number of hydrogen-bond acceptors (Lipinski definition) is 25. The first-order valence-electron chi connectivity index (χ1n) is 35.1. The monoisotopic (exact) mass is 1500 g/mol. The summed E-state index contributed by atoms with van der Waals surface area (Å²) < 4.78 is 74.7. The zero-order valence-corrected chi connectivity index (χ0v) is 62.3. The molecule has 0 unspecified atom stereocenters. The number of fused-ring (bicyclic) bond motifs is 2. The number of nitrogens with two attached hydrogens (primary N) is 2. The smallest absolute Gasteiger partial charge is 0.355 e. The average molecular weight is 1500 g/mol. The Morgan fingerprint density at radius 3 is 2.11 bits per heavy atom. The lowest BCUT2D eigenvalue weighted by Crippen LogP contribution is -2.51. The molecule has 0 radical (unpaired) electrons. The number of carbonyl (C=O) groups is 4. The lowest BCUT2D eigenvalue weighted by molar-refractivity contribution is -0.896. The van der Waals surface area contributed by atoms with Crippen molar-refractivity contribution >= 4 is 84.3 Å². The van der Waals surface area contributed by atoms with Gasteiger partial charge in [-0.15, -0.1) is 26.6 Å². The quantitative estimate of drug-likeness (QED) is 0.0114. The number of quaternary nitrogens is 1. The van der Waals surface area contributed by atoms with Crippen LogP contribution in [0.25, 0.3) is 10.2 Å². The molecule has 0 bridgehead atoms. The van der Waals surface area contributed by atoms with Crippen LogP contribution in [0.2, 0.25) is 0 Å². The van der Waals surface area contributed by atoms with Crippen molar-refractivity contribution in [3.63, 3.8) is 0 Å². The van der Waals surface area contributed by atoms with Gasteiger partial charge in [-0.1, -0.05) is 54.5 Å². The number of methoxy groups -OCH3 is 1. The number of carbonyl (C=O) groups excluding carboxylic acids is 3. The van der Waals surface area contributed by atoms with Crippen LogP contribution >= 0.6 is 22.7 Å². The fourth-order valence-electron chi connectivity index (χ4n) is 10.8. The summed E-state index contributed by atoms with van der Waals surface area (Å²) in [6.45, 7) is 14.9. The number of ether oxygens (including phenoxy) is 10. The molecule has 33 heteroatoms. The third-order valence-corrected chi connectivity index (χ3v) is 18.5. The number of aromatic carboxylic acids is 1. The molecule has 2 atom stereocenters. The summed E-state index contributed by atoms with van der Waals surface area (Å²) in [5, 5.41) is 40.8. The Hall–Kier alpha value is -8.47. The Balaban J connectivity index is 0.798. The van der Waals surface area contributed by atoms with Gasteiger partial charge >= 0.3 is 12.0 Å². The van der Waals surface area contributed by atoms with Crippen LogP contribution in [0.15, 0.2) is 66.9 Å². The number of nitrogens with zero attached hydrogens (tertiary/aromatic N) is 9. The molecule has 0 aliphatic carbocycles. The molecule has 7 aromatic rings. The van der Waals surface area contributed by atoms with Gasteiger partial charge in [-0.2, -0.15) is 0 Å². The molecular formula is C72H99FN15O15S2+. The summed E-state index contributed by atoms with van der Waals surface area (Å²) in [7, 11) is 5.65. The minimum absolute atomic E-state index is 0.0396. The molecule has 105 heavy (non-hydrogen) atoms. The number of anilines is 5. The highest BCUT2D eigenvalue weighted by Crippen LogP contribution is 2.39. The number of nitrogens with one attached hydrogen (secondary N) is 4. The average Bonchev–Trinajstić information content (AvgIpc) is 1.73. The number of primary amides is 1. The number of urea groups is 1. The molecule has 1 aliphatic heterocycles. The fourth-order valence-corrected chi connectivity index (χ4v) is 12.8. The topological polar surface area (TPSA) is 366 Å². The van der Waals surface area contributed by atoms with Gasteiger partial charge in [0, 0.05) is 53.0 Å². The van der Waals surface area contributed by atoms with Crippen molar-refractivity contribution in [1.82, 2.24) is 45.8 Å². The second-order valence-corrected chi connectivity index (χ2v) is 27.6. The third kappa shape index (κ3) is 27.8. The lowest BCUT2D eigenvalue weighted by Gasteiger charge is -2.29. The highest BCUT2D eigenvalue weighted by molar-refractivity contribution is 7.22. The van der Waals surface area contributed by atoms with Crippen LogP contribution in [0.5, 0.6) is 5.75 Å². The molecule has 4 aromatic heterocycles. The summed E-state index contributed by atoms with van der Waals surface area (Å²) in [4.78, 5) is 62.8. The zero-order valence-electron chi connectivity index (χ0n) is 60.6. The Bertz CT molecular complexity index is 3910. The predicted octanol–water partition coefficient (Wildman–Crippen LogP) is 7.08. The van der Waals surface area contributed by atoms with Crippen molar-refractivity contribution in [3.8, 4) is 17.6 Å². The third-order valence-electron chi connectivity index (χ3n) is 16.4. The van der Waals surface area contributed by atoms with Gasteiger partial charge in [0.1, 0.15) is 24.8 Å². The second kappa shape index (κ2) is 43.8. The van der Waals surface area contributed by atoms with Crippen molar-refractivity contribution in [1.29, 1.82) is 0 Å². The Morgan fingerprint density at radius 2 is 1.46 bits per heavy atom. The number of aromatic nitrogens is 7. The van der Waals surface area contributed by atoms with Gasteiger partial charge in [0.25, 0.3) is 0 Å². The van der Waals surface area contributed by atoms with E-state index in [1.165, 1.54) is 34.8 Å². The molecule has 3 aromatic carbocycles. The van der Waals surface area contributed by atoms with Crippen LogP contribution in [0.3, 0.4) is 0 Å². The first kappa shape index (κ1) is 82.2. The molecule has 0 saturated heterocycles. The van der Waals surface area contributed by atoms with Gasteiger partial charge in [0.15, 0.2) is 39.2 Å². The second-order valence-electron chi connectivity index (χ2n) is 25.5. The van der Waals surface area contributed by atoms with Crippen LogP contribution in [-0.4, -0.2) is 227 Å². The highest BCUT2D eigenvalue weighted by Gasteiger charge is 2.30. The summed E-state index contributed by atoms with van der Waals surface area (Å²) in [5.74, 6) is 4.71. The molecule has 5 heterocycles. The van der Waals surface area contributed by atoms with Crippen molar-refractivity contribution in [2.75, 3.05) is 162 Å². The number of carboxylic acid groups (broad SMARTS) is 1. The summed E-state index contributed by atoms with van der Waals surface area (Å²) in [6.07, 6.45) is 4.61. The summed E-state index contributed by atoms with van der Waals surface area (Å²) in [5.41, 5.74) is 17.3. The summed E-state index contributed by atoms with van der Waals surface area (Å²) >= 11 is 2.82. The van der Waals surface area contributed by atoms with E-state index in [0.717, 1.165) is 45.3 Å². The van der Waals surface area contributed by atoms with E-state index in [2.05, 4.69) is 63.6 Å². The number of hydrogen-bond donors (Lipinski definition) is 7. The van der Waals surface area contributed by atoms with Crippen LogP contribution < -0.4 is 42.4 Å². The molecule has 1 aliphatic rings. The molecule has 4 amide bonds. The van der Waals surface area contributed by atoms with E-state index in [1.54, 1.807) is 30.1 Å². The van der Waals surface area contributed by atoms with Gasteiger partial charge in [0.05, 0.1) is 162 Å². The number of carboxylic acids is 1. The Kier molecular flexibility index (Phi) is 34.3. The molecule has 0 fully saturated rings. The van der Waals surface area contributed by atoms with Crippen molar-refractivity contribution in [3.05, 3.63) is 117 Å². The van der Waals surface area contributed by atoms with Crippen LogP contribution in [0.1, 0.15) is 88.4 Å².